The number of ketones is 1. The minimum atomic E-state index is -5.97. The maximum Gasteiger partial charge on any atom is 0.573 e. The molecule has 0 aliphatic rings. The molecule has 3 aromatic rings. The number of pyridine rings is 1. The molecular weight excluding hydrogens is 520 g/mol. The van der Waals surface area contributed by atoms with Gasteiger partial charge in [0, 0.05) is 24.4 Å². The number of carbonyl (C=O) groups is 2. The minimum absolute atomic E-state index is 0.0298. The van der Waals surface area contributed by atoms with Crippen molar-refractivity contribution in [1.29, 1.82) is 0 Å². The molecule has 0 unspecified atom stereocenters. The maximum absolute atomic E-state index is 14.0. The Morgan fingerprint density at radius 1 is 0.838 bits per heavy atom. The largest absolute Gasteiger partial charge is 0.573 e. The van der Waals surface area contributed by atoms with E-state index in [2.05, 4.69) is 15.0 Å². The van der Waals surface area contributed by atoms with Gasteiger partial charge < -0.3 is 14.8 Å². The zero-order valence-corrected chi connectivity index (χ0v) is 18.4. The topological polar surface area (TPSA) is 77.5 Å². The van der Waals surface area contributed by atoms with Gasteiger partial charge in [-0.15, -0.1) is 13.2 Å². The summed E-state index contributed by atoms with van der Waals surface area (Å²) in [6.45, 7) is 1.19. The number of Topliss-reactive ketones (excluding diaryl/α,β-unsaturated/α-hetero) is 1. The second kappa shape index (κ2) is 10.0. The molecule has 0 fully saturated rings. The summed E-state index contributed by atoms with van der Waals surface area (Å²) < 4.78 is 113. The van der Waals surface area contributed by atoms with Crippen molar-refractivity contribution < 1.29 is 54.2 Å². The van der Waals surface area contributed by atoms with E-state index < -0.39 is 52.8 Å². The first kappa shape index (κ1) is 27.4. The molecule has 1 aromatic heterocycles. The summed E-state index contributed by atoms with van der Waals surface area (Å²) >= 11 is 0. The van der Waals surface area contributed by atoms with E-state index in [1.165, 1.54) is 13.0 Å². The lowest BCUT2D eigenvalue weighted by Gasteiger charge is -2.21. The fraction of sp³-hybridized carbons (Fsp3) is 0.174. The highest BCUT2D eigenvalue weighted by Gasteiger charge is 2.58. The molecule has 6 nitrogen and oxygen atoms in total. The van der Waals surface area contributed by atoms with Crippen molar-refractivity contribution in [2.24, 2.45) is 0 Å². The van der Waals surface area contributed by atoms with Gasteiger partial charge in [-0.25, -0.2) is 0 Å². The van der Waals surface area contributed by atoms with Crippen LogP contribution in [-0.2, 0) is 5.92 Å². The fourth-order valence-electron chi connectivity index (χ4n) is 2.89. The van der Waals surface area contributed by atoms with E-state index in [4.69, 9.17) is 4.74 Å². The fourth-order valence-corrected chi connectivity index (χ4v) is 2.89. The first-order valence-corrected chi connectivity index (χ1v) is 9.98. The van der Waals surface area contributed by atoms with E-state index in [9.17, 15) is 44.7 Å². The molecule has 196 valence electrons. The summed E-state index contributed by atoms with van der Waals surface area (Å²) in [4.78, 5) is 28.1. The molecule has 0 saturated heterocycles. The Morgan fingerprint density at radius 2 is 1.46 bits per heavy atom. The van der Waals surface area contributed by atoms with E-state index >= 15 is 0 Å². The van der Waals surface area contributed by atoms with Crippen molar-refractivity contribution in [1.82, 2.24) is 4.98 Å². The highest BCUT2D eigenvalue weighted by Crippen LogP contribution is 2.45. The lowest BCUT2D eigenvalue weighted by molar-refractivity contribution is -0.289. The Hall–Kier alpha value is -4.23. The standard InChI is InChI=1S/C23H14F8N2O4/c1-12(34)18-11-14(8-9-32-18)33-20(35)17-10-13(21(24,25)22(26,27)28)2-7-19(17)36-15-3-5-16(6-4-15)37-23(29,30)31/h2-11H,1H3,(H,32,33,35). The summed E-state index contributed by atoms with van der Waals surface area (Å²) in [5.74, 6) is -8.28. The second-order valence-corrected chi connectivity index (χ2v) is 7.34. The number of aromatic nitrogens is 1. The van der Waals surface area contributed by atoms with Crippen molar-refractivity contribution >= 4 is 17.4 Å². The van der Waals surface area contributed by atoms with Gasteiger partial charge in [-0.2, -0.15) is 22.0 Å². The van der Waals surface area contributed by atoms with Crippen LogP contribution in [0.2, 0.25) is 0 Å². The average molecular weight is 534 g/mol. The van der Waals surface area contributed by atoms with Crippen LogP contribution in [0.1, 0.15) is 33.3 Å². The molecule has 1 heterocycles. The maximum atomic E-state index is 14.0. The van der Waals surface area contributed by atoms with Gasteiger partial charge in [0.1, 0.15) is 22.9 Å². The van der Waals surface area contributed by atoms with Crippen molar-refractivity contribution in [3.8, 4) is 17.2 Å². The smallest absolute Gasteiger partial charge is 0.457 e. The zero-order valence-electron chi connectivity index (χ0n) is 18.4. The molecule has 0 radical (unpaired) electrons. The van der Waals surface area contributed by atoms with E-state index in [0.29, 0.717) is 12.1 Å². The third kappa shape index (κ3) is 6.71. The van der Waals surface area contributed by atoms with Gasteiger partial charge in [-0.05, 0) is 54.6 Å². The molecule has 0 atom stereocenters. The van der Waals surface area contributed by atoms with Crippen LogP contribution in [0.5, 0.6) is 17.2 Å². The Labute approximate surface area is 202 Å². The highest BCUT2D eigenvalue weighted by atomic mass is 19.4. The Kier molecular flexibility index (Phi) is 7.41. The summed E-state index contributed by atoms with van der Waals surface area (Å²) in [5, 5.41) is 2.25. The number of hydrogen-bond acceptors (Lipinski definition) is 5. The van der Waals surface area contributed by atoms with E-state index in [0.717, 1.165) is 36.5 Å². The number of ether oxygens (including phenoxy) is 2. The summed E-state index contributed by atoms with van der Waals surface area (Å²) in [7, 11) is 0. The summed E-state index contributed by atoms with van der Waals surface area (Å²) in [6, 6.07) is 7.41. The van der Waals surface area contributed by atoms with Crippen LogP contribution in [0.25, 0.3) is 0 Å². The molecule has 2 aromatic carbocycles. The summed E-state index contributed by atoms with van der Waals surface area (Å²) in [5.41, 5.74) is -2.42. The molecule has 0 saturated carbocycles. The predicted octanol–water partition coefficient (Wildman–Crippen LogP) is 6.88. The average Bonchev–Trinajstić information content (AvgIpc) is 2.79. The number of halogens is 8. The Morgan fingerprint density at radius 3 is 2.03 bits per heavy atom. The molecule has 0 bridgehead atoms. The molecule has 1 N–H and O–H groups in total. The molecule has 0 aliphatic heterocycles. The van der Waals surface area contributed by atoms with Crippen molar-refractivity contribution in [2.75, 3.05) is 5.32 Å². The van der Waals surface area contributed by atoms with Gasteiger partial charge in [0.25, 0.3) is 5.91 Å². The SMILES string of the molecule is CC(=O)c1cc(NC(=O)c2cc(C(F)(F)C(F)(F)F)ccc2Oc2ccc(OC(F)(F)F)cc2)ccn1. The zero-order chi connectivity index (χ0) is 27.6. The van der Waals surface area contributed by atoms with E-state index in [-0.39, 0.29) is 23.2 Å². The van der Waals surface area contributed by atoms with Gasteiger partial charge in [-0.3, -0.25) is 14.6 Å². The van der Waals surface area contributed by atoms with Gasteiger partial charge in [-0.1, -0.05) is 0 Å². The molecule has 3 rings (SSSR count). The molecule has 0 spiro atoms. The lowest BCUT2D eigenvalue weighted by atomic mass is 10.0. The Bertz CT molecular complexity index is 1310. The van der Waals surface area contributed by atoms with Gasteiger partial charge >= 0.3 is 18.5 Å². The monoisotopic (exact) mass is 534 g/mol. The number of nitrogens with one attached hydrogen (secondary N) is 1. The van der Waals surface area contributed by atoms with E-state index in [1.807, 2.05) is 0 Å². The minimum Gasteiger partial charge on any atom is -0.457 e. The number of alkyl halides is 8. The number of carbonyl (C=O) groups excluding carboxylic acids is 2. The number of benzene rings is 2. The van der Waals surface area contributed by atoms with Crippen LogP contribution in [0.3, 0.4) is 0 Å². The molecular formula is C23H14F8N2O4. The molecule has 0 aliphatic carbocycles. The lowest BCUT2D eigenvalue weighted by Crippen LogP contribution is -2.33. The summed E-state index contributed by atoms with van der Waals surface area (Å²) in [6.07, 6.45) is -9.79. The molecule has 37 heavy (non-hydrogen) atoms. The quantitative estimate of drug-likeness (QED) is 0.264. The van der Waals surface area contributed by atoms with Gasteiger partial charge in [0.2, 0.25) is 0 Å². The Balaban J connectivity index is 1.99. The third-order valence-corrected chi connectivity index (χ3v) is 4.61. The van der Waals surface area contributed by atoms with Crippen LogP contribution in [0, 0.1) is 0 Å². The number of rotatable bonds is 7. The molecule has 1 amide bonds. The normalized spacial score (nSPS) is 12.1. The number of amides is 1. The van der Waals surface area contributed by atoms with Crippen LogP contribution in [0.4, 0.5) is 40.8 Å². The van der Waals surface area contributed by atoms with Crippen LogP contribution >= 0.6 is 0 Å². The van der Waals surface area contributed by atoms with Crippen LogP contribution in [0.15, 0.2) is 60.8 Å². The van der Waals surface area contributed by atoms with Crippen LogP contribution < -0.4 is 14.8 Å². The van der Waals surface area contributed by atoms with E-state index in [1.54, 1.807) is 0 Å². The van der Waals surface area contributed by atoms with Gasteiger partial charge in [0.15, 0.2) is 5.78 Å². The highest BCUT2D eigenvalue weighted by molar-refractivity contribution is 6.07. The number of hydrogen-bond donors (Lipinski definition) is 1. The predicted molar refractivity (Wildman–Crippen MR) is 112 cm³/mol. The third-order valence-electron chi connectivity index (χ3n) is 4.61. The van der Waals surface area contributed by atoms with Crippen molar-refractivity contribution in [2.45, 2.75) is 25.4 Å². The van der Waals surface area contributed by atoms with Crippen LogP contribution in [-0.4, -0.2) is 29.2 Å². The van der Waals surface area contributed by atoms with Crippen molar-refractivity contribution in [3.05, 3.63) is 77.6 Å². The first-order chi connectivity index (χ1) is 17.1. The first-order valence-electron chi connectivity index (χ1n) is 9.98. The number of anilines is 1. The van der Waals surface area contributed by atoms with Gasteiger partial charge in [0.05, 0.1) is 5.56 Å². The number of nitrogens with zero attached hydrogens (tertiary/aromatic N) is 1. The van der Waals surface area contributed by atoms with Crippen molar-refractivity contribution in [3.63, 3.8) is 0 Å². The molecule has 14 heteroatoms. The second-order valence-electron chi connectivity index (χ2n) is 7.34.